The van der Waals surface area contributed by atoms with Crippen LogP contribution in [0.2, 0.25) is 0 Å². The van der Waals surface area contributed by atoms with E-state index in [9.17, 15) is 0 Å². The normalized spacial score (nSPS) is 19.6. The summed E-state index contributed by atoms with van der Waals surface area (Å²) >= 11 is 0. The number of rotatable bonds is 7. The van der Waals surface area contributed by atoms with Crippen molar-refractivity contribution in [1.29, 1.82) is 0 Å². The number of nitrogens with one attached hydrogen (secondary N) is 3. The van der Waals surface area contributed by atoms with E-state index in [1.54, 1.807) is 6.33 Å². The molecule has 0 aliphatic carbocycles. The third-order valence-electron chi connectivity index (χ3n) is 3.32. The minimum atomic E-state index is 0.497. The Morgan fingerprint density at radius 2 is 2.16 bits per heavy atom. The lowest BCUT2D eigenvalue weighted by atomic mass is 10.2. The molecule has 0 saturated carbocycles. The van der Waals surface area contributed by atoms with Gasteiger partial charge < -0.3 is 20.9 Å². The summed E-state index contributed by atoms with van der Waals surface area (Å²) in [6.45, 7) is 4.16. The van der Waals surface area contributed by atoms with Crippen LogP contribution in [0.25, 0.3) is 0 Å². The quantitative estimate of drug-likeness (QED) is 0.627. The first kappa shape index (κ1) is 14.0. The van der Waals surface area contributed by atoms with E-state index in [1.165, 1.54) is 6.42 Å². The van der Waals surface area contributed by atoms with Crippen LogP contribution in [0.15, 0.2) is 12.4 Å². The molecule has 1 aliphatic rings. The van der Waals surface area contributed by atoms with Crippen molar-refractivity contribution in [2.45, 2.75) is 18.9 Å². The molecule has 2 rings (SSSR count). The Hall–Kier alpha value is -1.40. The standard InChI is InChI=1S/C13H24N6/c1-14-5-3-6-15-12-8-13(17-10-16-12)18-11-4-7-19(2)9-11/h8,10-11,14H,3-7,9H2,1-2H3,(H2,15,16,17,18). The molecule has 0 radical (unpaired) electrons. The molecule has 1 aromatic heterocycles. The molecule has 0 spiro atoms. The zero-order valence-corrected chi connectivity index (χ0v) is 11.8. The lowest BCUT2D eigenvalue weighted by Crippen LogP contribution is -2.24. The molecule has 1 saturated heterocycles. The van der Waals surface area contributed by atoms with Gasteiger partial charge in [-0.15, -0.1) is 0 Å². The van der Waals surface area contributed by atoms with Gasteiger partial charge in [0.25, 0.3) is 0 Å². The largest absolute Gasteiger partial charge is 0.370 e. The second-order valence-corrected chi connectivity index (χ2v) is 5.06. The summed E-state index contributed by atoms with van der Waals surface area (Å²) in [4.78, 5) is 10.8. The number of aromatic nitrogens is 2. The Morgan fingerprint density at radius 3 is 2.89 bits per heavy atom. The molecule has 1 aliphatic heterocycles. The van der Waals surface area contributed by atoms with E-state index < -0.39 is 0 Å². The molecule has 6 heteroatoms. The Morgan fingerprint density at radius 1 is 1.32 bits per heavy atom. The third-order valence-corrected chi connectivity index (χ3v) is 3.32. The lowest BCUT2D eigenvalue weighted by molar-refractivity contribution is 0.414. The second kappa shape index (κ2) is 7.25. The third kappa shape index (κ3) is 4.65. The molecule has 6 nitrogen and oxygen atoms in total. The van der Waals surface area contributed by atoms with Gasteiger partial charge in [0.05, 0.1) is 0 Å². The molecular weight excluding hydrogens is 240 g/mol. The molecular formula is C13H24N6. The topological polar surface area (TPSA) is 65.1 Å². The van der Waals surface area contributed by atoms with Crippen molar-refractivity contribution < 1.29 is 0 Å². The highest BCUT2D eigenvalue weighted by molar-refractivity contribution is 5.47. The second-order valence-electron chi connectivity index (χ2n) is 5.06. The van der Waals surface area contributed by atoms with Gasteiger partial charge in [-0.2, -0.15) is 0 Å². The summed E-state index contributed by atoms with van der Waals surface area (Å²) in [6.07, 6.45) is 3.86. The van der Waals surface area contributed by atoms with Gasteiger partial charge in [-0.05, 0) is 40.0 Å². The lowest BCUT2D eigenvalue weighted by Gasteiger charge is -2.14. The van der Waals surface area contributed by atoms with Crippen molar-refractivity contribution in [3.8, 4) is 0 Å². The van der Waals surface area contributed by atoms with E-state index >= 15 is 0 Å². The smallest absolute Gasteiger partial charge is 0.131 e. The van der Waals surface area contributed by atoms with Crippen LogP contribution in [0.4, 0.5) is 11.6 Å². The highest BCUT2D eigenvalue weighted by atomic mass is 15.2. The summed E-state index contributed by atoms with van der Waals surface area (Å²) in [5.74, 6) is 1.80. The highest BCUT2D eigenvalue weighted by Crippen LogP contribution is 2.14. The summed E-state index contributed by atoms with van der Waals surface area (Å²) < 4.78 is 0. The molecule has 1 unspecified atom stereocenters. The summed E-state index contributed by atoms with van der Waals surface area (Å²) in [6, 6.07) is 2.48. The fraction of sp³-hybridized carbons (Fsp3) is 0.692. The number of anilines is 2. The summed E-state index contributed by atoms with van der Waals surface area (Å²) in [7, 11) is 4.11. The Labute approximate surface area is 115 Å². The van der Waals surface area contributed by atoms with E-state index in [-0.39, 0.29) is 0 Å². The monoisotopic (exact) mass is 264 g/mol. The van der Waals surface area contributed by atoms with Gasteiger partial charge in [-0.1, -0.05) is 0 Å². The minimum absolute atomic E-state index is 0.497. The van der Waals surface area contributed by atoms with E-state index in [0.29, 0.717) is 6.04 Å². The van der Waals surface area contributed by atoms with Gasteiger partial charge in [0.1, 0.15) is 18.0 Å². The first-order valence-electron chi connectivity index (χ1n) is 6.93. The first-order valence-corrected chi connectivity index (χ1v) is 6.93. The average Bonchev–Trinajstić information content (AvgIpc) is 2.81. The van der Waals surface area contributed by atoms with Crippen LogP contribution in [0, 0.1) is 0 Å². The van der Waals surface area contributed by atoms with Gasteiger partial charge in [-0.25, -0.2) is 9.97 Å². The Bertz CT molecular complexity index is 383. The molecule has 2 heterocycles. The van der Waals surface area contributed by atoms with E-state index in [4.69, 9.17) is 0 Å². The molecule has 1 fully saturated rings. The number of likely N-dealkylation sites (tertiary alicyclic amines) is 1. The van der Waals surface area contributed by atoms with Crippen LogP contribution < -0.4 is 16.0 Å². The van der Waals surface area contributed by atoms with Crippen molar-refractivity contribution in [3.05, 3.63) is 12.4 Å². The number of likely N-dealkylation sites (N-methyl/N-ethyl adjacent to an activating group) is 1. The molecule has 0 amide bonds. The molecule has 3 N–H and O–H groups in total. The van der Waals surface area contributed by atoms with Crippen LogP contribution in [0.3, 0.4) is 0 Å². The number of hydrogen-bond donors (Lipinski definition) is 3. The van der Waals surface area contributed by atoms with Gasteiger partial charge in [0.2, 0.25) is 0 Å². The van der Waals surface area contributed by atoms with Crippen molar-refractivity contribution in [2.75, 3.05) is 50.9 Å². The zero-order chi connectivity index (χ0) is 13.5. The highest BCUT2D eigenvalue weighted by Gasteiger charge is 2.19. The van der Waals surface area contributed by atoms with Crippen LogP contribution >= 0.6 is 0 Å². The Kier molecular flexibility index (Phi) is 5.35. The van der Waals surface area contributed by atoms with Crippen LogP contribution in [0.1, 0.15) is 12.8 Å². The van der Waals surface area contributed by atoms with Crippen molar-refractivity contribution in [1.82, 2.24) is 20.2 Å². The van der Waals surface area contributed by atoms with E-state index in [1.807, 2.05) is 13.1 Å². The first-order chi connectivity index (χ1) is 9.28. The van der Waals surface area contributed by atoms with Crippen molar-refractivity contribution in [2.24, 2.45) is 0 Å². The fourth-order valence-electron chi connectivity index (χ4n) is 2.28. The predicted molar refractivity (Wildman–Crippen MR) is 78.6 cm³/mol. The fourth-order valence-corrected chi connectivity index (χ4v) is 2.28. The van der Waals surface area contributed by atoms with Crippen LogP contribution in [0.5, 0.6) is 0 Å². The number of hydrogen-bond acceptors (Lipinski definition) is 6. The maximum Gasteiger partial charge on any atom is 0.131 e. The Balaban J connectivity index is 1.81. The van der Waals surface area contributed by atoms with Gasteiger partial charge in [0.15, 0.2) is 0 Å². The van der Waals surface area contributed by atoms with Crippen LogP contribution in [-0.4, -0.2) is 61.2 Å². The van der Waals surface area contributed by atoms with Crippen LogP contribution in [-0.2, 0) is 0 Å². The van der Waals surface area contributed by atoms with E-state index in [0.717, 1.165) is 44.2 Å². The SMILES string of the molecule is CNCCCNc1cc(NC2CCN(C)C2)ncn1. The van der Waals surface area contributed by atoms with Gasteiger partial charge in [-0.3, -0.25) is 0 Å². The predicted octanol–water partition coefficient (Wildman–Crippen LogP) is 0.614. The van der Waals surface area contributed by atoms with Gasteiger partial charge in [0, 0.05) is 25.2 Å². The molecule has 106 valence electrons. The average molecular weight is 264 g/mol. The molecule has 19 heavy (non-hydrogen) atoms. The van der Waals surface area contributed by atoms with E-state index in [2.05, 4.69) is 37.9 Å². The summed E-state index contributed by atoms with van der Waals surface area (Å²) in [5, 5.41) is 9.91. The minimum Gasteiger partial charge on any atom is -0.370 e. The van der Waals surface area contributed by atoms with Crippen molar-refractivity contribution >= 4 is 11.6 Å². The van der Waals surface area contributed by atoms with Gasteiger partial charge >= 0.3 is 0 Å². The summed E-state index contributed by atoms with van der Waals surface area (Å²) in [5.41, 5.74) is 0. The number of nitrogens with zero attached hydrogens (tertiary/aromatic N) is 3. The molecule has 0 bridgehead atoms. The zero-order valence-electron chi connectivity index (χ0n) is 11.8. The maximum atomic E-state index is 4.28. The van der Waals surface area contributed by atoms with Crippen molar-refractivity contribution in [3.63, 3.8) is 0 Å². The molecule has 1 aromatic rings. The molecule has 0 aromatic carbocycles. The molecule has 1 atom stereocenters. The maximum absolute atomic E-state index is 4.28.